The minimum Gasteiger partial charge on any atom is -0.462 e. The highest BCUT2D eigenvalue weighted by molar-refractivity contribution is 6.03. The van der Waals surface area contributed by atoms with Crippen molar-refractivity contribution in [3.05, 3.63) is 34.9 Å². The summed E-state index contributed by atoms with van der Waals surface area (Å²) >= 11 is 0. The minimum atomic E-state index is -0.439. The van der Waals surface area contributed by atoms with Crippen LogP contribution in [-0.4, -0.2) is 25.2 Å². The molecule has 1 aromatic carbocycles. The van der Waals surface area contributed by atoms with Gasteiger partial charge in [-0.1, -0.05) is 79.2 Å². The number of carbonyl (C=O) groups is 2. The first-order valence-electron chi connectivity index (χ1n) is 11.8. The van der Waals surface area contributed by atoms with E-state index >= 15 is 0 Å². The van der Waals surface area contributed by atoms with E-state index in [9.17, 15) is 9.59 Å². The largest absolute Gasteiger partial charge is 0.462 e. The third-order valence-electron chi connectivity index (χ3n) is 5.25. The van der Waals surface area contributed by atoms with Crippen molar-refractivity contribution in [1.82, 2.24) is 0 Å². The lowest BCUT2D eigenvalue weighted by Crippen LogP contribution is -2.15. The molecule has 0 amide bonds. The van der Waals surface area contributed by atoms with E-state index in [1.54, 1.807) is 12.1 Å². The monoisotopic (exact) mass is 418 g/mol. The molecule has 0 aliphatic heterocycles. The lowest BCUT2D eigenvalue weighted by atomic mass is 10.0. The molecule has 0 aliphatic rings. The minimum absolute atomic E-state index is 0.305. The van der Waals surface area contributed by atoms with E-state index < -0.39 is 11.9 Å². The highest BCUT2D eigenvalue weighted by atomic mass is 16.5. The first kappa shape index (κ1) is 26.2. The van der Waals surface area contributed by atoms with E-state index in [1.807, 2.05) is 13.0 Å². The maximum atomic E-state index is 12.6. The summed E-state index contributed by atoms with van der Waals surface area (Å²) in [6.07, 6.45) is 9.27. The number of hydrogen-bond donors (Lipinski definition) is 0. The molecule has 0 N–H and O–H groups in total. The van der Waals surface area contributed by atoms with E-state index in [2.05, 4.69) is 27.7 Å². The van der Waals surface area contributed by atoms with E-state index in [1.165, 1.54) is 12.8 Å². The summed E-state index contributed by atoms with van der Waals surface area (Å²) in [6, 6.07) is 5.33. The van der Waals surface area contributed by atoms with Crippen molar-refractivity contribution in [2.24, 2.45) is 11.8 Å². The number of benzene rings is 1. The average molecular weight is 419 g/mol. The highest BCUT2D eigenvalue weighted by Crippen LogP contribution is 2.17. The molecule has 0 aromatic heterocycles. The molecule has 0 saturated heterocycles. The smallest absolute Gasteiger partial charge is 0.339 e. The Morgan fingerprint density at radius 3 is 1.70 bits per heavy atom. The molecule has 4 nitrogen and oxygen atoms in total. The van der Waals surface area contributed by atoms with Crippen LogP contribution in [0.5, 0.6) is 0 Å². The van der Waals surface area contributed by atoms with Gasteiger partial charge in [-0.2, -0.15) is 0 Å². The molecule has 0 radical (unpaired) electrons. The van der Waals surface area contributed by atoms with Gasteiger partial charge in [0.05, 0.1) is 24.3 Å². The standard InChI is InChI=1S/C26H42O4/c1-6-22-15-16-23(25(27)29-17-11-7-9-13-20(2)3)24(19-22)26(28)30-18-12-8-10-14-21(4)5/h15-16,19-21H,6-14,17-18H2,1-5H3. The van der Waals surface area contributed by atoms with Gasteiger partial charge in [0, 0.05) is 0 Å². The molecule has 0 spiro atoms. The number of rotatable bonds is 15. The topological polar surface area (TPSA) is 52.6 Å². The number of aryl methyl sites for hydroxylation is 1. The van der Waals surface area contributed by atoms with Crippen LogP contribution in [0, 0.1) is 11.8 Å². The van der Waals surface area contributed by atoms with Crippen LogP contribution >= 0.6 is 0 Å². The van der Waals surface area contributed by atoms with Gasteiger partial charge in [-0.3, -0.25) is 0 Å². The zero-order valence-corrected chi connectivity index (χ0v) is 19.8. The van der Waals surface area contributed by atoms with E-state index in [-0.39, 0.29) is 0 Å². The summed E-state index contributed by atoms with van der Waals surface area (Å²) in [7, 11) is 0. The van der Waals surface area contributed by atoms with E-state index in [0.29, 0.717) is 36.2 Å². The summed E-state index contributed by atoms with van der Waals surface area (Å²) in [5.74, 6) is 0.532. The summed E-state index contributed by atoms with van der Waals surface area (Å²) < 4.78 is 10.9. The van der Waals surface area contributed by atoms with Crippen molar-refractivity contribution in [1.29, 1.82) is 0 Å². The Morgan fingerprint density at radius 2 is 1.23 bits per heavy atom. The zero-order chi connectivity index (χ0) is 22.4. The van der Waals surface area contributed by atoms with Crippen molar-refractivity contribution in [2.75, 3.05) is 13.2 Å². The summed E-state index contributed by atoms with van der Waals surface area (Å²) in [4.78, 5) is 25.2. The second-order valence-corrected chi connectivity index (χ2v) is 8.99. The van der Waals surface area contributed by atoms with Gasteiger partial charge in [0.25, 0.3) is 0 Å². The second-order valence-electron chi connectivity index (χ2n) is 8.99. The number of unbranched alkanes of at least 4 members (excludes halogenated alkanes) is 4. The predicted molar refractivity (Wildman–Crippen MR) is 123 cm³/mol. The van der Waals surface area contributed by atoms with E-state index in [4.69, 9.17) is 9.47 Å². The van der Waals surface area contributed by atoms with Gasteiger partial charge in [0.2, 0.25) is 0 Å². The summed E-state index contributed by atoms with van der Waals surface area (Å²) in [6.45, 7) is 11.7. The van der Waals surface area contributed by atoms with Gasteiger partial charge in [0.15, 0.2) is 0 Å². The third kappa shape index (κ3) is 10.8. The molecule has 1 aromatic rings. The Kier molecular flexibility index (Phi) is 13.1. The molecule has 30 heavy (non-hydrogen) atoms. The van der Waals surface area contributed by atoms with Gasteiger partial charge in [-0.25, -0.2) is 9.59 Å². The lowest BCUT2D eigenvalue weighted by Gasteiger charge is -2.12. The van der Waals surface area contributed by atoms with Crippen LogP contribution in [0.3, 0.4) is 0 Å². The normalized spacial score (nSPS) is 11.2. The fourth-order valence-electron chi connectivity index (χ4n) is 3.31. The van der Waals surface area contributed by atoms with Crippen molar-refractivity contribution in [2.45, 2.75) is 92.4 Å². The van der Waals surface area contributed by atoms with Gasteiger partial charge >= 0.3 is 11.9 Å². The number of ether oxygens (including phenoxy) is 2. The maximum Gasteiger partial charge on any atom is 0.339 e. The van der Waals surface area contributed by atoms with Crippen molar-refractivity contribution in [3.63, 3.8) is 0 Å². The van der Waals surface area contributed by atoms with Gasteiger partial charge in [-0.05, 0) is 48.8 Å². The molecule has 0 bridgehead atoms. The fourth-order valence-corrected chi connectivity index (χ4v) is 3.31. The molecule has 1 rings (SSSR count). The molecule has 0 saturated carbocycles. The van der Waals surface area contributed by atoms with Crippen LogP contribution in [0.15, 0.2) is 18.2 Å². The van der Waals surface area contributed by atoms with Crippen molar-refractivity contribution in [3.8, 4) is 0 Å². The molecule has 0 aliphatic carbocycles. The number of hydrogen-bond acceptors (Lipinski definition) is 4. The Balaban J connectivity index is 2.56. The Morgan fingerprint density at radius 1 is 0.733 bits per heavy atom. The molecule has 170 valence electrons. The first-order valence-corrected chi connectivity index (χ1v) is 11.8. The number of carbonyl (C=O) groups excluding carboxylic acids is 2. The quantitative estimate of drug-likeness (QED) is 0.227. The van der Waals surface area contributed by atoms with Gasteiger partial charge < -0.3 is 9.47 Å². The molecule has 0 atom stereocenters. The van der Waals surface area contributed by atoms with E-state index in [0.717, 1.165) is 50.5 Å². The number of esters is 2. The maximum absolute atomic E-state index is 12.6. The zero-order valence-electron chi connectivity index (χ0n) is 19.8. The first-order chi connectivity index (χ1) is 14.3. The average Bonchev–Trinajstić information content (AvgIpc) is 2.71. The molecule has 0 heterocycles. The van der Waals surface area contributed by atoms with Gasteiger partial charge in [-0.15, -0.1) is 0 Å². The highest BCUT2D eigenvalue weighted by Gasteiger charge is 2.20. The Bertz CT molecular complexity index is 634. The van der Waals surface area contributed by atoms with Crippen LogP contribution in [0.2, 0.25) is 0 Å². The SMILES string of the molecule is CCc1ccc(C(=O)OCCCCCC(C)C)c(C(=O)OCCCCCC(C)C)c1. The van der Waals surface area contributed by atoms with Crippen molar-refractivity contribution >= 4 is 11.9 Å². The molecular formula is C26H42O4. The lowest BCUT2D eigenvalue weighted by molar-refractivity contribution is 0.0450. The van der Waals surface area contributed by atoms with Gasteiger partial charge in [0.1, 0.15) is 0 Å². The van der Waals surface area contributed by atoms with Crippen LogP contribution < -0.4 is 0 Å². The Labute approximate surface area is 183 Å². The van der Waals surface area contributed by atoms with Crippen LogP contribution in [0.25, 0.3) is 0 Å². The molecule has 0 fully saturated rings. The van der Waals surface area contributed by atoms with Crippen LogP contribution in [0.1, 0.15) is 112 Å². The molecule has 4 heteroatoms. The molecule has 0 unspecified atom stereocenters. The predicted octanol–water partition coefficient (Wildman–Crippen LogP) is 7.00. The fraction of sp³-hybridized carbons (Fsp3) is 0.692. The van der Waals surface area contributed by atoms with Crippen LogP contribution in [0.4, 0.5) is 0 Å². The Hall–Kier alpha value is -1.84. The molecular weight excluding hydrogens is 376 g/mol. The van der Waals surface area contributed by atoms with Crippen LogP contribution in [-0.2, 0) is 15.9 Å². The summed E-state index contributed by atoms with van der Waals surface area (Å²) in [5, 5.41) is 0. The second kappa shape index (κ2) is 15.0. The third-order valence-corrected chi connectivity index (χ3v) is 5.25. The van der Waals surface area contributed by atoms with Crippen molar-refractivity contribution < 1.29 is 19.1 Å². The summed E-state index contributed by atoms with van der Waals surface area (Å²) in [5.41, 5.74) is 1.63.